The van der Waals surface area contributed by atoms with E-state index >= 15 is 0 Å². The van der Waals surface area contributed by atoms with Crippen LogP contribution in [0.1, 0.15) is 34.2 Å². The van der Waals surface area contributed by atoms with Crippen LogP contribution in [-0.2, 0) is 16.9 Å². The van der Waals surface area contributed by atoms with Crippen LogP contribution in [-0.4, -0.2) is 50.4 Å². The number of aryl methyl sites for hydroxylation is 3. The Hall–Kier alpha value is -2.75. The first-order chi connectivity index (χ1) is 12.7. The molecule has 0 saturated carbocycles. The second-order valence-electron chi connectivity index (χ2n) is 6.93. The van der Waals surface area contributed by atoms with E-state index < -0.39 is 9.84 Å². The molecule has 1 fully saturated rings. The van der Waals surface area contributed by atoms with Crippen LogP contribution in [0.3, 0.4) is 0 Å². The van der Waals surface area contributed by atoms with E-state index in [9.17, 15) is 13.2 Å². The van der Waals surface area contributed by atoms with E-state index in [4.69, 9.17) is 0 Å². The summed E-state index contributed by atoms with van der Waals surface area (Å²) < 4.78 is 26.9. The van der Waals surface area contributed by atoms with Gasteiger partial charge in [-0.15, -0.1) is 0 Å². The maximum absolute atomic E-state index is 12.7. The van der Waals surface area contributed by atoms with Gasteiger partial charge in [0.1, 0.15) is 5.82 Å². The molecule has 1 aliphatic heterocycles. The molecule has 0 aliphatic carbocycles. The minimum atomic E-state index is -3.05. The van der Waals surface area contributed by atoms with Gasteiger partial charge in [-0.3, -0.25) is 9.48 Å². The maximum atomic E-state index is 12.7. The van der Waals surface area contributed by atoms with Crippen LogP contribution >= 0.6 is 0 Å². The van der Waals surface area contributed by atoms with Gasteiger partial charge in [-0.2, -0.15) is 10.2 Å². The first-order valence-electron chi connectivity index (χ1n) is 8.61. The molecule has 1 aliphatic rings. The van der Waals surface area contributed by atoms with E-state index in [1.807, 2.05) is 13.8 Å². The van der Waals surface area contributed by atoms with Crippen LogP contribution in [0.15, 0.2) is 18.3 Å². The van der Waals surface area contributed by atoms with Gasteiger partial charge in [0.2, 0.25) is 0 Å². The molecule has 10 heteroatoms. The number of carbonyl (C=O) groups is 1. The standard InChI is InChI=1S/C17H20N6O3S/c1-10-6-15(23(20-10)13-4-5-27(25,26)9-13)19-17(24)12-7-14-11(2)21-22(3)16(14)18-8-12/h6-8,13H,4-5,9H2,1-3H3,(H,19,24)/t13-/m0/s1. The van der Waals surface area contributed by atoms with E-state index in [1.54, 1.807) is 28.5 Å². The number of carbonyl (C=O) groups excluding carboxylic acids is 1. The van der Waals surface area contributed by atoms with E-state index in [0.29, 0.717) is 29.1 Å². The maximum Gasteiger partial charge on any atom is 0.258 e. The Labute approximate surface area is 156 Å². The summed E-state index contributed by atoms with van der Waals surface area (Å²) in [6.07, 6.45) is 2.00. The van der Waals surface area contributed by atoms with Gasteiger partial charge < -0.3 is 5.32 Å². The van der Waals surface area contributed by atoms with Crippen molar-refractivity contribution >= 4 is 32.6 Å². The van der Waals surface area contributed by atoms with Gasteiger partial charge in [-0.05, 0) is 26.3 Å². The largest absolute Gasteiger partial charge is 0.307 e. The monoisotopic (exact) mass is 388 g/mol. The van der Waals surface area contributed by atoms with Crippen LogP contribution < -0.4 is 5.32 Å². The van der Waals surface area contributed by atoms with Gasteiger partial charge in [-0.25, -0.2) is 18.1 Å². The Kier molecular flexibility index (Phi) is 4.02. The summed E-state index contributed by atoms with van der Waals surface area (Å²) in [7, 11) is -1.25. The van der Waals surface area contributed by atoms with Gasteiger partial charge in [-0.1, -0.05) is 0 Å². The summed E-state index contributed by atoms with van der Waals surface area (Å²) in [6, 6.07) is 3.23. The molecular weight excluding hydrogens is 368 g/mol. The second-order valence-corrected chi connectivity index (χ2v) is 9.16. The van der Waals surface area contributed by atoms with E-state index in [0.717, 1.165) is 11.1 Å². The number of sulfone groups is 1. The van der Waals surface area contributed by atoms with Crippen molar-refractivity contribution in [3.63, 3.8) is 0 Å². The quantitative estimate of drug-likeness (QED) is 0.726. The molecule has 0 unspecified atom stereocenters. The highest BCUT2D eigenvalue weighted by atomic mass is 32.2. The number of nitrogens with one attached hydrogen (secondary N) is 1. The highest BCUT2D eigenvalue weighted by molar-refractivity contribution is 7.91. The lowest BCUT2D eigenvalue weighted by atomic mass is 10.2. The molecule has 0 bridgehead atoms. The van der Waals surface area contributed by atoms with Gasteiger partial charge in [0.05, 0.1) is 34.5 Å². The Morgan fingerprint density at radius 2 is 2.04 bits per heavy atom. The molecule has 3 aromatic heterocycles. The highest BCUT2D eigenvalue weighted by Crippen LogP contribution is 2.27. The number of aromatic nitrogens is 5. The fraction of sp³-hybridized carbons (Fsp3) is 0.412. The number of hydrogen-bond acceptors (Lipinski definition) is 6. The number of fused-ring (bicyclic) bond motifs is 1. The Morgan fingerprint density at radius 1 is 1.26 bits per heavy atom. The first kappa shape index (κ1) is 17.7. The minimum Gasteiger partial charge on any atom is -0.307 e. The Bertz CT molecular complexity index is 1160. The molecule has 0 aromatic carbocycles. The number of pyridine rings is 1. The predicted molar refractivity (Wildman–Crippen MR) is 100 cm³/mol. The van der Waals surface area contributed by atoms with Crippen LogP contribution in [0.5, 0.6) is 0 Å². The third-order valence-electron chi connectivity index (χ3n) is 4.78. The molecule has 142 valence electrons. The summed E-state index contributed by atoms with van der Waals surface area (Å²) in [5.41, 5.74) is 2.63. The molecule has 0 spiro atoms. The molecular formula is C17H20N6O3S. The van der Waals surface area contributed by atoms with Crippen molar-refractivity contribution < 1.29 is 13.2 Å². The summed E-state index contributed by atoms with van der Waals surface area (Å²) in [5.74, 6) is 0.349. The molecule has 9 nitrogen and oxygen atoms in total. The van der Waals surface area contributed by atoms with Crippen LogP contribution in [0.2, 0.25) is 0 Å². The van der Waals surface area contributed by atoms with Gasteiger partial charge in [0.15, 0.2) is 15.5 Å². The number of anilines is 1. The average Bonchev–Trinajstić information content (AvgIpc) is 3.23. The summed E-state index contributed by atoms with van der Waals surface area (Å²) in [6.45, 7) is 3.67. The van der Waals surface area contributed by atoms with Crippen molar-refractivity contribution in [3.05, 3.63) is 35.3 Å². The van der Waals surface area contributed by atoms with E-state index in [1.165, 1.54) is 6.20 Å². The molecule has 4 heterocycles. The first-order valence-corrected chi connectivity index (χ1v) is 10.4. The molecule has 0 radical (unpaired) electrons. The Morgan fingerprint density at radius 3 is 2.74 bits per heavy atom. The van der Waals surface area contributed by atoms with Crippen LogP contribution in [0, 0.1) is 13.8 Å². The summed E-state index contributed by atoms with van der Waals surface area (Å²) in [4.78, 5) is 17.1. The van der Waals surface area contributed by atoms with Gasteiger partial charge in [0.25, 0.3) is 5.91 Å². The lowest BCUT2D eigenvalue weighted by molar-refractivity contribution is 0.102. The SMILES string of the molecule is Cc1cc(NC(=O)c2cnc3c(c2)c(C)nn3C)n([C@H]2CCS(=O)(=O)C2)n1. The van der Waals surface area contributed by atoms with Gasteiger partial charge >= 0.3 is 0 Å². The van der Waals surface area contributed by atoms with Crippen molar-refractivity contribution in [1.82, 2.24) is 24.5 Å². The van der Waals surface area contributed by atoms with Crippen molar-refractivity contribution in [3.8, 4) is 0 Å². The molecule has 27 heavy (non-hydrogen) atoms. The Balaban J connectivity index is 1.63. The van der Waals surface area contributed by atoms with Crippen LogP contribution in [0.4, 0.5) is 5.82 Å². The summed E-state index contributed by atoms with van der Waals surface area (Å²) >= 11 is 0. The zero-order chi connectivity index (χ0) is 19.3. The van der Waals surface area contributed by atoms with Crippen molar-refractivity contribution in [2.45, 2.75) is 26.3 Å². The van der Waals surface area contributed by atoms with Gasteiger partial charge in [0, 0.05) is 24.7 Å². The van der Waals surface area contributed by atoms with E-state index in [2.05, 4.69) is 20.5 Å². The number of hydrogen-bond donors (Lipinski definition) is 1. The average molecular weight is 388 g/mol. The number of amides is 1. The molecule has 1 amide bonds. The van der Waals surface area contributed by atoms with E-state index in [-0.39, 0.29) is 23.5 Å². The highest BCUT2D eigenvalue weighted by Gasteiger charge is 2.31. The second kappa shape index (κ2) is 6.15. The zero-order valence-electron chi connectivity index (χ0n) is 15.3. The molecule has 4 rings (SSSR count). The molecule has 1 N–H and O–H groups in total. The number of nitrogens with zero attached hydrogens (tertiary/aromatic N) is 5. The third-order valence-corrected chi connectivity index (χ3v) is 6.53. The molecule has 1 saturated heterocycles. The third kappa shape index (κ3) is 3.20. The van der Waals surface area contributed by atoms with Crippen molar-refractivity contribution in [2.24, 2.45) is 7.05 Å². The van der Waals surface area contributed by atoms with Crippen molar-refractivity contribution in [1.29, 1.82) is 0 Å². The molecule has 3 aromatic rings. The fourth-order valence-electron chi connectivity index (χ4n) is 3.48. The lowest BCUT2D eigenvalue weighted by Gasteiger charge is -2.13. The smallest absolute Gasteiger partial charge is 0.258 e. The fourth-order valence-corrected chi connectivity index (χ4v) is 5.17. The minimum absolute atomic E-state index is 0.0411. The zero-order valence-corrected chi connectivity index (χ0v) is 16.1. The number of rotatable bonds is 3. The lowest BCUT2D eigenvalue weighted by Crippen LogP contribution is -2.19. The predicted octanol–water partition coefficient (Wildman–Crippen LogP) is 1.39. The summed E-state index contributed by atoms with van der Waals surface area (Å²) in [5, 5.41) is 12.3. The normalized spacial score (nSPS) is 18.9. The molecule has 1 atom stereocenters. The van der Waals surface area contributed by atoms with Crippen molar-refractivity contribution in [2.75, 3.05) is 16.8 Å². The topological polar surface area (TPSA) is 112 Å². The van der Waals surface area contributed by atoms with Crippen LogP contribution in [0.25, 0.3) is 11.0 Å².